The fourth-order valence-corrected chi connectivity index (χ4v) is 3.44. The van der Waals surface area contributed by atoms with Crippen LogP contribution < -0.4 is 0 Å². The van der Waals surface area contributed by atoms with Crippen LogP contribution in [0.5, 0.6) is 0 Å². The predicted molar refractivity (Wildman–Crippen MR) is 92.6 cm³/mol. The summed E-state index contributed by atoms with van der Waals surface area (Å²) in [4.78, 5) is 11.2. The van der Waals surface area contributed by atoms with E-state index in [1.807, 2.05) is 32.9 Å². The number of nitrogens with zero attached hydrogens (tertiary/aromatic N) is 1. The van der Waals surface area contributed by atoms with Crippen LogP contribution in [0.25, 0.3) is 0 Å². The number of benzene rings is 1. The molecule has 4 nitrogen and oxygen atoms in total. The molecule has 0 spiro atoms. The third kappa shape index (κ3) is 4.65. The van der Waals surface area contributed by atoms with Gasteiger partial charge < -0.3 is 4.43 Å². The van der Waals surface area contributed by atoms with E-state index in [4.69, 9.17) is 4.43 Å². The predicted octanol–water partition coefficient (Wildman–Crippen LogP) is 5.25. The molecule has 5 heteroatoms. The van der Waals surface area contributed by atoms with E-state index in [2.05, 4.69) is 33.9 Å². The molecule has 0 N–H and O–H groups in total. The first-order valence-corrected chi connectivity index (χ1v) is 10.0. The van der Waals surface area contributed by atoms with Crippen molar-refractivity contribution in [2.24, 2.45) is 5.41 Å². The van der Waals surface area contributed by atoms with Crippen molar-refractivity contribution in [3.8, 4) is 0 Å². The molecule has 0 fully saturated rings. The van der Waals surface area contributed by atoms with Gasteiger partial charge in [-0.15, -0.1) is 0 Å². The van der Waals surface area contributed by atoms with Gasteiger partial charge in [-0.05, 0) is 29.5 Å². The Balaban J connectivity index is 3.42. The molecule has 1 aromatic rings. The summed E-state index contributed by atoms with van der Waals surface area (Å²) in [5, 5.41) is 11.5. The Bertz CT molecular complexity index is 542. The van der Waals surface area contributed by atoms with E-state index in [0.717, 1.165) is 11.1 Å². The lowest BCUT2D eigenvalue weighted by molar-refractivity contribution is -0.386. The van der Waals surface area contributed by atoms with Crippen molar-refractivity contribution in [1.29, 1.82) is 0 Å². The molecule has 0 aliphatic rings. The van der Waals surface area contributed by atoms with Crippen molar-refractivity contribution in [3.05, 3.63) is 39.4 Å². The van der Waals surface area contributed by atoms with Crippen molar-refractivity contribution in [1.82, 2.24) is 0 Å². The molecule has 0 amide bonds. The fourth-order valence-electron chi connectivity index (χ4n) is 2.48. The van der Waals surface area contributed by atoms with Crippen molar-refractivity contribution in [2.45, 2.75) is 66.2 Å². The Hall–Kier alpha value is -1.20. The summed E-state index contributed by atoms with van der Waals surface area (Å²) < 4.78 is 6.14. The molecule has 1 aromatic carbocycles. The van der Waals surface area contributed by atoms with E-state index in [1.54, 1.807) is 6.07 Å². The molecule has 22 heavy (non-hydrogen) atoms. The van der Waals surface area contributed by atoms with Gasteiger partial charge in [0.15, 0.2) is 0 Å². The van der Waals surface area contributed by atoms with Crippen LogP contribution >= 0.6 is 0 Å². The van der Waals surface area contributed by atoms with Crippen LogP contribution in [-0.2, 0) is 9.84 Å². The third-order valence-electron chi connectivity index (χ3n) is 3.47. The zero-order valence-corrected chi connectivity index (χ0v) is 16.0. The van der Waals surface area contributed by atoms with Gasteiger partial charge in [-0.1, -0.05) is 53.7 Å². The highest BCUT2D eigenvalue weighted by Crippen LogP contribution is 2.40. The van der Waals surface area contributed by atoms with Crippen LogP contribution in [0.4, 0.5) is 5.69 Å². The minimum atomic E-state index is -0.903. The van der Waals surface area contributed by atoms with Gasteiger partial charge in [-0.25, -0.2) is 0 Å². The SMILES string of the molecule is C[Si](C)OC(c1ccc(C(C)(C)C)c([N+](=O)[O-])c1)C(C)(C)C. The van der Waals surface area contributed by atoms with Crippen LogP contribution in [-0.4, -0.2) is 14.0 Å². The van der Waals surface area contributed by atoms with Crippen LogP contribution in [0.15, 0.2) is 18.2 Å². The molecule has 1 radical (unpaired) electrons. The lowest BCUT2D eigenvalue weighted by Crippen LogP contribution is -2.26. The number of hydrogen-bond acceptors (Lipinski definition) is 3. The number of nitro groups is 1. The minimum Gasteiger partial charge on any atom is -0.410 e. The first kappa shape index (κ1) is 18.8. The van der Waals surface area contributed by atoms with E-state index >= 15 is 0 Å². The van der Waals surface area contributed by atoms with Crippen molar-refractivity contribution in [2.75, 3.05) is 0 Å². The highest BCUT2D eigenvalue weighted by molar-refractivity contribution is 6.48. The number of nitro benzene ring substituents is 1. The molecule has 1 atom stereocenters. The average Bonchev–Trinajstić information content (AvgIpc) is 2.32. The first-order chi connectivity index (χ1) is 9.84. The molecular weight excluding hydrogens is 294 g/mol. The normalized spacial score (nSPS) is 14.2. The molecule has 0 saturated carbocycles. The maximum atomic E-state index is 11.5. The van der Waals surface area contributed by atoms with Crippen LogP contribution in [0, 0.1) is 15.5 Å². The fraction of sp³-hybridized carbons (Fsp3) is 0.647. The molecular formula is C17H28NO3Si. The summed E-state index contributed by atoms with van der Waals surface area (Å²) in [6, 6.07) is 5.56. The summed E-state index contributed by atoms with van der Waals surface area (Å²) in [5.41, 5.74) is 1.46. The maximum absolute atomic E-state index is 11.5. The van der Waals surface area contributed by atoms with E-state index in [1.165, 1.54) is 0 Å². The molecule has 0 aliphatic heterocycles. The van der Waals surface area contributed by atoms with E-state index in [0.29, 0.717) is 0 Å². The summed E-state index contributed by atoms with van der Waals surface area (Å²) in [5.74, 6) is 0. The molecule has 0 heterocycles. The van der Waals surface area contributed by atoms with Gasteiger partial charge in [0.2, 0.25) is 9.04 Å². The molecule has 123 valence electrons. The minimum absolute atomic E-state index is 0.112. The summed E-state index contributed by atoms with van der Waals surface area (Å²) in [7, 11) is -0.903. The zero-order valence-electron chi connectivity index (χ0n) is 15.0. The summed E-state index contributed by atoms with van der Waals surface area (Å²) in [6.45, 7) is 16.5. The summed E-state index contributed by atoms with van der Waals surface area (Å²) in [6.07, 6.45) is -0.135. The zero-order chi connectivity index (χ0) is 17.3. The Morgan fingerprint density at radius 3 is 2.05 bits per heavy atom. The number of rotatable bonds is 4. The quantitative estimate of drug-likeness (QED) is 0.432. The molecule has 0 aromatic heterocycles. The van der Waals surface area contributed by atoms with Crippen LogP contribution in [0.1, 0.15) is 58.8 Å². The monoisotopic (exact) mass is 322 g/mol. The van der Waals surface area contributed by atoms with Gasteiger partial charge in [0.25, 0.3) is 5.69 Å². The Morgan fingerprint density at radius 1 is 1.14 bits per heavy atom. The van der Waals surface area contributed by atoms with E-state index < -0.39 is 9.04 Å². The lowest BCUT2D eigenvalue weighted by Gasteiger charge is -2.33. The van der Waals surface area contributed by atoms with Crippen molar-refractivity contribution in [3.63, 3.8) is 0 Å². The Morgan fingerprint density at radius 2 is 1.68 bits per heavy atom. The second-order valence-corrected chi connectivity index (χ2v) is 10.1. The van der Waals surface area contributed by atoms with Crippen LogP contribution in [0.3, 0.4) is 0 Å². The second kappa shape index (κ2) is 6.50. The Kier molecular flexibility index (Phi) is 5.57. The van der Waals surface area contributed by atoms with Crippen molar-refractivity contribution < 1.29 is 9.35 Å². The molecule has 1 unspecified atom stereocenters. The van der Waals surface area contributed by atoms with Gasteiger partial charge in [0.1, 0.15) is 0 Å². The van der Waals surface area contributed by atoms with Crippen molar-refractivity contribution >= 4 is 14.7 Å². The summed E-state index contributed by atoms with van der Waals surface area (Å²) >= 11 is 0. The molecule has 1 rings (SSSR count). The van der Waals surface area contributed by atoms with Gasteiger partial charge in [-0.3, -0.25) is 10.1 Å². The van der Waals surface area contributed by atoms with Gasteiger partial charge in [0, 0.05) is 11.6 Å². The average molecular weight is 323 g/mol. The number of hydrogen-bond donors (Lipinski definition) is 0. The largest absolute Gasteiger partial charge is 0.410 e. The van der Waals surface area contributed by atoms with E-state index in [9.17, 15) is 10.1 Å². The van der Waals surface area contributed by atoms with Crippen LogP contribution in [0.2, 0.25) is 13.1 Å². The molecule has 0 aliphatic carbocycles. The topological polar surface area (TPSA) is 52.4 Å². The highest BCUT2D eigenvalue weighted by atomic mass is 28.3. The molecule has 0 saturated heterocycles. The second-order valence-electron chi connectivity index (χ2n) is 8.06. The van der Waals surface area contributed by atoms with Gasteiger partial charge in [-0.2, -0.15) is 0 Å². The highest BCUT2D eigenvalue weighted by Gasteiger charge is 2.31. The van der Waals surface area contributed by atoms with Gasteiger partial charge in [0.05, 0.1) is 11.0 Å². The van der Waals surface area contributed by atoms with E-state index in [-0.39, 0.29) is 27.5 Å². The smallest absolute Gasteiger partial charge is 0.273 e. The van der Waals surface area contributed by atoms with Gasteiger partial charge >= 0.3 is 0 Å². The molecule has 0 bridgehead atoms. The first-order valence-electron chi connectivity index (χ1n) is 7.59. The maximum Gasteiger partial charge on any atom is 0.273 e. The lowest BCUT2D eigenvalue weighted by atomic mass is 9.81. The third-order valence-corrected chi connectivity index (χ3v) is 4.18. The Labute approximate surface area is 135 Å². The standard InChI is InChI=1S/C17H28NO3Si/c1-16(2,3)13-10-9-12(11-14(13)18(19)20)15(17(4,5)6)21-22(7)8/h9-11,15H,1-8H3.